The third-order valence-corrected chi connectivity index (χ3v) is 4.66. The molecule has 0 aliphatic heterocycles. The number of sulfone groups is 1. The quantitative estimate of drug-likeness (QED) is 0.931. The fraction of sp³-hybridized carbons (Fsp3) is 0.500. The molecule has 0 unspecified atom stereocenters. The number of carbonyl (C=O) groups excluding carboxylic acids is 1. The van der Waals surface area contributed by atoms with E-state index in [1.54, 1.807) is 0 Å². The van der Waals surface area contributed by atoms with E-state index in [2.05, 4.69) is 5.32 Å². The monoisotopic (exact) mass is 299 g/mol. The molecule has 2 rings (SSSR count). The maximum Gasteiger partial charge on any atom is 0.251 e. The lowest BCUT2D eigenvalue weighted by Crippen LogP contribution is -2.36. The Hall–Kier alpha value is -1.43. The molecule has 1 aliphatic rings. The van der Waals surface area contributed by atoms with Crippen LogP contribution in [0.3, 0.4) is 0 Å². The van der Waals surface area contributed by atoms with Crippen LogP contribution in [0.2, 0.25) is 0 Å². The smallest absolute Gasteiger partial charge is 0.251 e. The molecule has 1 amide bonds. The average Bonchev–Trinajstić information content (AvgIpc) is 2.38. The lowest BCUT2D eigenvalue weighted by atomic mass is 9.95. The minimum atomic E-state index is -3.61. The molecule has 0 atom stereocenters. The van der Waals surface area contributed by atoms with Gasteiger partial charge >= 0.3 is 0 Å². The first-order valence-electron chi connectivity index (χ1n) is 6.68. The van der Waals surface area contributed by atoms with E-state index in [1.807, 2.05) is 0 Å². The van der Waals surface area contributed by atoms with Crippen LogP contribution in [0.15, 0.2) is 23.1 Å². The van der Waals surface area contributed by atoms with E-state index in [4.69, 9.17) is 0 Å². The third kappa shape index (κ3) is 3.56. The second kappa shape index (κ2) is 5.91. The first-order valence-corrected chi connectivity index (χ1v) is 8.57. The lowest BCUT2D eigenvalue weighted by Gasteiger charge is -2.22. The Morgan fingerprint density at radius 3 is 2.45 bits per heavy atom. The number of amides is 1. The summed E-state index contributed by atoms with van der Waals surface area (Å²) in [6.45, 7) is 0. The fourth-order valence-electron chi connectivity index (χ4n) is 2.46. The minimum absolute atomic E-state index is 0.133. The second-order valence-corrected chi connectivity index (χ2v) is 7.21. The maximum absolute atomic E-state index is 13.7. The van der Waals surface area contributed by atoms with Crippen LogP contribution in [0.5, 0.6) is 0 Å². The molecule has 0 bridgehead atoms. The Balaban J connectivity index is 2.13. The molecule has 0 spiro atoms. The molecule has 0 saturated heterocycles. The predicted molar refractivity (Wildman–Crippen MR) is 73.8 cm³/mol. The number of hydrogen-bond donors (Lipinski definition) is 1. The summed E-state index contributed by atoms with van der Waals surface area (Å²) in [5, 5.41) is 2.87. The van der Waals surface area contributed by atoms with Gasteiger partial charge in [-0.3, -0.25) is 4.79 Å². The zero-order valence-electron chi connectivity index (χ0n) is 11.4. The van der Waals surface area contributed by atoms with Gasteiger partial charge in [0.1, 0.15) is 10.7 Å². The summed E-state index contributed by atoms with van der Waals surface area (Å²) in [6.07, 6.45) is 6.18. The van der Waals surface area contributed by atoms with Gasteiger partial charge in [-0.2, -0.15) is 0 Å². The van der Waals surface area contributed by atoms with Gasteiger partial charge in [0.15, 0.2) is 9.84 Å². The molecule has 1 aromatic carbocycles. The van der Waals surface area contributed by atoms with Crippen molar-refractivity contribution in [2.75, 3.05) is 6.26 Å². The Labute approximate surface area is 118 Å². The molecule has 1 saturated carbocycles. The molecule has 1 aromatic rings. The standard InChI is InChI=1S/C14H18FNO3S/c1-20(18,19)13-8-7-10(9-12(13)15)14(17)16-11-5-3-2-4-6-11/h7-9,11H,2-6H2,1H3,(H,16,17). The number of nitrogens with one attached hydrogen (secondary N) is 1. The predicted octanol–water partition coefficient (Wildman–Crippen LogP) is 2.29. The van der Waals surface area contributed by atoms with Crippen molar-refractivity contribution >= 4 is 15.7 Å². The summed E-state index contributed by atoms with van der Waals surface area (Å²) in [5.41, 5.74) is 0.153. The fourth-order valence-corrected chi connectivity index (χ4v) is 3.19. The van der Waals surface area contributed by atoms with Crippen molar-refractivity contribution in [2.24, 2.45) is 0 Å². The number of benzene rings is 1. The number of rotatable bonds is 3. The van der Waals surface area contributed by atoms with Gasteiger partial charge in [-0.25, -0.2) is 12.8 Å². The maximum atomic E-state index is 13.7. The van der Waals surface area contributed by atoms with Crippen LogP contribution in [0.1, 0.15) is 42.5 Å². The highest BCUT2D eigenvalue weighted by atomic mass is 32.2. The van der Waals surface area contributed by atoms with Gasteiger partial charge in [-0.15, -0.1) is 0 Å². The number of hydrogen-bond acceptors (Lipinski definition) is 3. The van der Waals surface area contributed by atoms with Crippen molar-refractivity contribution < 1.29 is 17.6 Å². The van der Waals surface area contributed by atoms with Gasteiger partial charge in [0.25, 0.3) is 5.91 Å². The van der Waals surface area contributed by atoms with E-state index in [9.17, 15) is 17.6 Å². The van der Waals surface area contributed by atoms with Crippen LogP contribution in [-0.4, -0.2) is 26.6 Å². The molecule has 1 aliphatic carbocycles. The number of halogens is 1. The zero-order valence-corrected chi connectivity index (χ0v) is 12.2. The highest BCUT2D eigenvalue weighted by molar-refractivity contribution is 7.90. The topological polar surface area (TPSA) is 63.2 Å². The Morgan fingerprint density at radius 2 is 1.90 bits per heavy atom. The molecule has 0 aromatic heterocycles. The Morgan fingerprint density at radius 1 is 1.25 bits per heavy atom. The summed E-state index contributed by atoms with van der Waals surface area (Å²) in [4.78, 5) is 11.6. The van der Waals surface area contributed by atoms with Gasteiger partial charge < -0.3 is 5.32 Å². The van der Waals surface area contributed by atoms with E-state index < -0.39 is 15.7 Å². The van der Waals surface area contributed by atoms with Gasteiger partial charge in [0.05, 0.1) is 0 Å². The second-order valence-electron chi connectivity index (χ2n) is 5.23. The van der Waals surface area contributed by atoms with Gasteiger partial charge in [-0.1, -0.05) is 19.3 Å². The molecule has 110 valence electrons. The van der Waals surface area contributed by atoms with E-state index >= 15 is 0 Å². The lowest BCUT2D eigenvalue weighted by molar-refractivity contribution is 0.0927. The average molecular weight is 299 g/mol. The highest BCUT2D eigenvalue weighted by Gasteiger charge is 2.19. The summed E-state index contributed by atoms with van der Waals surface area (Å²) in [6, 6.07) is 3.60. The largest absolute Gasteiger partial charge is 0.349 e. The third-order valence-electron chi connectivity index (χ3n) is 3.53. The number of carbonyl (C=O) groups is 1. The SMILES string of the molecule is CS(=O)(=O)c1ccc(C(=O)NC2CCCCC2)cc1F. The van der Waals surface area contributed by atoms with Gasteiger partial charge in [0, 0.05) is 17.9 Å². The molecule has 6 heteroatoms. The van der Waals surface area contributed by atoms with Gasteiger partial charge in [-0.05, 0) is 31.0 Å². The van der Waals surface area contributed by atoms with Crippen LogP contribution in [0.25, 0.3) is 0 Å². The zero-order chi connectivity index (χ0) is 14.8. The van der Waals surface area contributed by atoms with Crippen LogP contribution in [0, 0.1) is 5.82 Å². The van der Waals surface area contributed by atoms with Crippen molar-refractivity contribution in [1.82, 2.24) is 5.32 Å². The first kappa shape index (κ1) is 15.0. The molecule has 0 heterocycles. The van der Waals surface area contributed by atoms with Crippen molar-refractivity contribution in [3.63, 3.8) is 0 Å². The van der Waals surface area contributed by atoms with Crippen molar-refractivity contribution in [3.05, 3.63) is 29.6 Å². The molecular weight excluding hydrogens is 281 g/mol. The first-order chi connectivity index (χ1) is 9.38. The Kier molecular flexibility index (Phi) is 4.42. The molecule has 1 fully saturated rings. The Bertz CT molecular complexity index is 607. The molecule has 20 heavy (non-hydrogen) atoms. The van der Waals surface area contributed by atoms with Crippen LogP contribution in [-0.2, 0) is 9.84 Å². The molecule has 4 nitrogen and oxygen atoms in total. The van der Waals surface area contributed by atoms with Crippen molar-refractivity contribution in [3.8, 4) is 0 Å². The molecule has 0 radical (unpaired) electrons. The van der Waals surface area contributed by atoms with Crippen molar-refractivity contribution in [2.45, 2.75) is 43.0 Å². The van der Waals surface area contributed by atoms with E-state index in [1.165, 1.54) is 12.5 Å². The normalized spacial score (nSPS) is 16.9. The summed E-state index contributed by atoms with van der Waals surface area (Å²) < 4.78 is 36.3. The van der Waals surface area contributed by atoms with Gasteiger partial charge in [0.2, 0.25) is 0 Å². The van der Waals surface area contributed by atoms with E-state index in [0.29, 0.717) is 0 Å². The summed E-state index contributed by atoms with van der Waals surface area (Å²) in [5.74, 6) is -1.24. The van der Waals surface area contributed by atoms with Crippen LogP contribution >= 0.6 is 0 Å². The summed E-state index contributed by atoms with van der Waals surface area (Å²) >= 11 is 0. The van der Waals surface area contributed by atoms with E-state index in [-0.39, 0.29) is 22.4 Å². The van der Waals surface area contributed by atoms with E-state index in [0.717, 1.165) is 44.1 Å². The van der Waals surface area contributed by atoms with Crippen LogP contribution in [0.4, 0.5) is 4.39 Å². The highest BCUT2D eigenvalue weighted by Crippen LogP contribution is 2.19. The summed E-state index contributed by atoms with van der Waals surface area (Å²) in [7, 11) is -3.61. The molecule has 1 N–H and O–H groups in total. The van der Waals surface area contributed by atoms with Crippen LogP contribution < -0.4 is 5.32 Å². The minimum Gasteiger partial charge on any atom is -0.349 e. The van der Waals surface area contributed by atoms with Crippen molar-refractivity contribution in [1.29, 1.82) is 0 Å². The molecular formula is C14H18FNO3S.